The van der Waals surface area contributed by atoms with Gasteiger partial charge in [-0.3, -0.25) is 9.59 Å². The van der Waals surface area contributed by atoms with Gasteiger partial charge in [0.2, 0.25) is 6.79 Å². The van der Waals surface area contributed by atoms with Crippen molar-refractivity contribution in [3.63, 3.8) is 0 Å². The molecule has 2 atom stereocenters. The summed E-state index contributed by atoms with van der Waals surface area (Å²) in [6.07, 6.45) is 0. The van der Waals surface area contributed by atoms with Gasteiger partial charge in [-0.05, 0) is 35.4 Å². The van der Waals surface area contributed by atoms with Crippen molar-refractivity contribution in [1.29, 1.82) is 0 Å². The zero-order valence-corrected chi connectivity index (χ0v) is 14.1. The van der Waals surface area contributed by atoms with Gasteiger partial charge < -0.3 is 29.2 Å². The van der Waals surface area contributed by atoms with Gasteiger partial charge >= 0.3 is 11.9 Å². The maximum Gasteiger partial charge on any atom is 0.312 e. The van der Waals surface area contributed by atoms with E-state index < -0.39 is 23.8 Å². The van der Waals surface area contributed by atoms with Crippen molar-refractivity contribution in [2.75, 3.05) is 20.0 Å². The second-order valence-electron chi connectivity index (χ2n) is 6.15. The van der Waals surface area contributed by atoms with E-state index in [9.17, 15) is 19.8 Å². The van der Waals surface area contributed by atoms with Gasteiger partial charge in [-0.15, -0.1) is 0 Å². The van der Waals surface area contributed by atoms with Crippen LogP contribution in [0.5, 0.6) is 23.0 Å². The predicted octanol–water partition coefficient (Wildman–Crippen LogP) is 2.22. The normalized spacial score (nSPS) is 16.4. The largest absolute Gasteiger partial charge is 0.486 e. The van der Waals surface area contributed by atoms with E-state index in [1.165, 1.54) is 12.1 Å². The van der Waals surface area contributed by atoms with Gasteiger partial charge in [0.15, 0.2) is 23.0 Å². The standard InChI is InChI=1S/C19H16O8/c20-18(21)16(10-1-3-12-14(7-10)25-6-5-24-12)17(19(22)23)11-2-4-13-15(8-11)27-9-26-13/h1-4,7-8,16-17H,5-6,9H2,(H,20,21)(H,22,23). The van der Waals surface area contributed by atoms with Crippen LogP contribution in [0.2, 0.25) is 0 Å². The molecule has 0 radical (unpaired) electrons. The Bertz CT molecular complexity index is 907. The second kappa shape index (κ2) is 6.71. The predicted molar refractivity (Wildman–Crippen MR) is 90.8 cm³/mol. The van der Waals surface area contributed by atoms with E-state index in [0.29, 0.717) is 47.3 Å². The molecule has 4 rings (SSSR count). The Balaban J connectivity index is 1.76. The molecule has 2 aromatic carbocycles. The molecule has 0 fully saturated rings. The molecule has 2 unspecified atom stereocenters. The Hall–Kier alpha value is -3.42. The summed E-state index contributed by atoms with van der Waals surface area (Å²) in [5.41, 5.74) is 0.630. The van der Waals surface area contributed by atoms with Crippen molar-refractivity contribution in [2.45, 2.75) is 11.8 Å². The topological polar surface area (TPSA) is 112 Å². The third-order valence-electron chi connectivity index (χ3n) is 4.55. The quantitative estimate of drug-likeness (QED) is 0.822. The minimum absolute atomic E-state index is 0.0427. The van der Waals surface area contributed by atoms with Crippen LogP contribution >= 0.6 is 0 Å². The van der Waals surface area contributed by atoms with Crippen LogP contribution in [0, 0.1) is 0 Å². The third-order valence-corrected chi connectivity index (χ3v) is 4.55. The number of carbonyl (C=O) groups is 2. The van der Waals surface area contributed by atoms with E-state index in [4.69, 9.17) is 18.9 Å². The van der Waals surface area contributed by atoms with Crippen molar-refractivity contribution in [2.24, 2.45) is 0 Å². The Morgan fingerprint density at radius 3 is 1.70 bits per heavy atom. The molecule has 140 valence electrons. The van der Waals surface area contributed by atoms with Crippen molar-refractivity contribution >= 4 is 11.9 Å². The summed E-state index contributed by atoms with van der Waals surface area (Å²) in [5.74, 6) is -3.35. The van der Waals surface area contributed by atoms with Crippen LogP contribution in [0.3, 0.4) is 0 Å². The number of ether oxygens (including phenoxy) is 4. The van der Waals surface area contributed by atoms with Crippen LogP contribution in [0.4, 0.5) is 0 Å². The Morgan fingerprint density at radius 1 is 0.704 bits per heavy atom. The number of carboxylic acids is 2. The van der Waals surface area contributed by atoms with Crippen molar-refractivity contribution < 1.29 is 38.7 Å². The van der Waals surface area contributed by atoms with Gasteiger partial charge in [0, 0.05) is 0 Å². The Kier molecular flexibility index (Phi) is 4.23. The van der Waals surface area contributed by atoms with E-state index in [-0.39, 0.29) is 6.79 Å². The van der Waals surface area contributed by atoms with Crippen LogP contribution in [-0.2, 0) is 9.59 Å². The van der Waals surface area contributed by atoms with Gasteiger partial charge in [-0.25, -0.2) is 0 Å². The number of hydrogen-bond donors (Lipinski definition) is 2. The van der Waals surface area contributed by atoms with Crippen LogP contribution in [0.25, 0.3) is 0 Å². The highest BCUT2D eigenvalue weighted by molar-refractivity contribution is 5.88. The maximum atomic E-state index is 12.0. The average Bonchev–Trinajstić information content (AvgIpc) is 3.12. The lowest BCUT2D eigenvalue weighted by atomic mass is 9.81. The summed E-state index contributed by atoms with van der Waals surface area (Å²) in [7, 11) is 0. The van der Waals surface area contributed by atoms with E-state index in [1.807, 2.05) is 0 Å². The second-order valence-corrected chi connectivity index (χ2v) is 6.15. The minimum atomic E-state index is -1.32. The fraction of sp³-hybridized carbons (Fsp3) is 0.263. The van der Waals surface area contributed by atoms with E-state index in [1.54, 1.807) is 24.3 Å². The van der Waals surface area contributed by atoms with Gasteiger partial charge in [0.1, 0.15) is 13.2 Å². The number of fused-ring (bicyclic) bond motifs is 2. The SMILES string of the molecule is O=C(O)C(c1ccc2c(c1)OCCO2)C(C(=O)O)c1ccc2c(c1)OCO2. The van der Waals surface area contributed by atoms with Crippen LogP contribution in [-0.4, -0.2) is 42.2 Å². The molecule has 2 N–H and O–H groups in total. The molecule has 8 heteroatoms. The van der Waals surface area contributed by atoms with Crippen LogP contribution < -0.4 is 18.9 Å². The molecular formula is C19H16O8. The molecule has 2 aliphatic rings. The first-order valence-corrected chi connectivity index (χ1v) is 8.29. The number of hydrogen-bond acceptors (Lipinski definition) is 6. The fourth-order valence-corrected chi connectivity index (χ4v) is 3.32. The molecule has 27 heavy (non-hydrogen) atoms. The highest BCUT2D eigenvalue weighted by Gasteiger charge is 2.38. The number of rotatable bonds is 5. The summed E-state index contributed by atoms with van der Waals surface area (Å²) >= 11 is 0. The van der Waals surface area contributed by atoms with Crippen molar-refractivity contribution in [3.8, 4) is 23.0 Å². The lowest BCUT2D eigenvalue weighted by Gasteiger charge is -2.24. The van der Waals surface area contributed by atoms with Gasteiger partial charge in [-0.1, -0.05) is 12.1 Å². The van der Waals surface area contributed by atoms with Gasteiger partial charge in [-0.2, -0.15) is 0 Å². The molecule has 0 aliphatic carbocycles. The average molecular weight is 372 g/mol. The van der Waals surface area contributed by atoms with E-state index in [0.717, 1.165) is 0 Å². The number of benzene rings is 2. The fourth-order valence-electron chi connectivity index (χ4n) is 3.32. The highest BCUT2D eigenvalue weighted by atomic mass is 16.7. The molecular weight excluding hydrogens is 356 g/mol. The smallest absolute Gasteiger partial charge is 0.312 e. The summed E-state index contributed by atoms with van der Waals surface area (Å²) in [5, 5.41) is 19.6. The molecule has 2 aromatic rings. The summed E-state index contributed by atoms with van der Waals surface area (Å²) in [4.78, 5) is 24.0. The van der Waals surface area contributed by atoms with Crippen LogP contribution in [0.1, 0.15) is 23.0 Å². The molecule has 0 bridgehead atoms. The number of carboxylic acid groups (broad SMARTS) is 2. The van der Waals surface area contributed by atoms with Crippen molar-refractivity contribution in [3.05, 3.63) is 47.5 Å². The molecule has 2 aliphatic heterocycles. The minimum Gasteiger partial charge on any atom is -0.486 e. The molecule has 0 spiro atoms. The zero-order chi connectivity index (χ0) is 19.0. The summed E-state index contributed by atoms with van der Waals surface area (Å²) in [6.45, 7) is 0.795. The molecule has 0 aromatic heterocycles. The molecule has 8 nitrogen and oxygen atoms in total. The Morgan fingerprint density at radius 2 is 1.15 bits per heavy atom. The molecule has 0 amide bonds. The highest BCUT2D eigenvalue weighted by Crippen LogP contribution is 2.41. The van der Waals surface area contributed by atoms with E-state index in [2.05, 4.69) is 0 Å². The lowest BCUT2D eigenvalue weighted by molar-refractivity contribution is -0.147. The maximum absolute atomic E-state index is 12.0. The molecule has 2 heterocycles. The Labute approximate surface area is 153 Å². The van der Waals surface area contributed by atoms with Crippen LogP contribution in [0.15, 0.2) is 36.4 Å². The summed E-state index contributed by atoms with van der Waals surface area (Å²) in [6, 6.07) is 9.30. The first kappa shape index (κ1) is 17.0. The summed E-state index contributed by atoms with van der Waals surface area (Å²) < 4.78 is 21.5. The number of aliphatic carboxylic acids is 2. The molecule has 0 saturated heterocycles. The van der Waals surface area contributed by atoms with E-state index >= 15 is 0 Å². The van der Waals surface area contributed by atoms with Gasteiger partial charge in [0.25, 0.3) is 0 Å². The monoisotopic (exact) mass is 372 g/mol. The van der Waals surface area contributed by atoms with Gasteiger partial charge in [0.05, 0.1) is 11.8 Å². The lowest BCUT2D eigenvalue weighted by Crippen LogP contribution is -2.26. The first-order valence-electron chi connectivity index (χ1n) is 8.29. The zero-order valence-electron chi connectivity index (χ0n) is 14.1. The molecule has 0 saturated carbocycles. The third kappa shape index (κ3) is 3.10. The first-order chi connectivity index (χ1) is 13.0. The van der Waals surface area contributed by atoms with Crippen molar-refractivity contribution in [1.82, 2.24) is 0 Å².